The Kier molecular flexibility index (Phi) is 6.00. The van der Waals surface area contributed by atoms with Crippen molar-refractivity contribution in [2.75, 3.05) is 26.2 Å². The molecule has 5 heteroatoms. The number of rotatable bonds is 3. The molecule has 0 atom stereocenters. The molecule has 2 saturated heterocycles. The highest BCUT2D eigenvalue weighted by molar-refractivity contribution is 7.80. The predicted molar refractivity (Wildman–Crippen MR) is 100 cm³/mol. The van der Waals surface area contributed by atoms with Crippen LogP contribution in [0.15, 0.2) is 29.3 Å². The maximum atomic E-state index is 4.59. The number of nitrogens with one attached hydrogen (secondary N) is 3. The minimum Gasteiger partial charge on any atom is -0.343 e. The topological polar surface area (TPSA) is 41.0 Å². The number of hydrogen-bond donors (Lipinski definition) is 4. The van der Waals surface area contributed by atoms with Crippen molar-refractivity contribution in [1.82, 2.24) is 20.5 Å². The molecule has 0 radical (unpaired) electrons. The van der Waals surface area contributed by atoms with Crippen molar-refractivity contribution in [3.63, 3.8) is 0 Å². The van der Waals surface area contributed by atoms with E-state index in [1.165, 1.54) is 42.4 Å². The van der Waals surface area contributed by atoms with Crippen LogP contribution in [0.2, 0.25) is 0 Å². The molecular weight excluding hydrogens is 304 g/mol. The third-order valence-electron chi connectivity index (χ3n) is 4.58. The van der Waals surface area contributed by atoms with E-state index in [9.17, 15) is 0 Å². The molecule has 126 valence electrons. The summed E-state index contributed by atoms with van der Waals surface area (Å²) in [6.07, 6.45) is 6.36. The van der Waals surface area contributed by atoms with Gasteiger partial charge in [0.2, 0.25) is 0 Å². The smallest absolute Gasteiger partial charge is 0.0757 e. The summed E-state index contributed by atoms with van der Waals surface area (Å²) in [5, 5.41) is 11.4. The lowest BCUT2D eigenvalue weighted by Gasteiger charge is -2.13. The van der Waals surface area contributed by atoms with Gasteiger partial charge in [-0.05, 0) is 50.0 Å². The fourth-order valence-electron chi connectivity index (χ4n) is 3.21. The molecule has 1 aromatic carbocycles. The molecule has 23 heavy (non-hydrogen) atoms. The van der Waals surface area contributed by atoms with Gasteiger partial charge in [-0.25, -0.2) is 0 Å². The minimum absolute atomic E-state index is 0.374. The zero-order chi connectivity index (χ0) is 16.1. The zero-order valence-corrected chi connectivity index (χ0v) is 14.8. The Morgan fingerprint density at radius 3 is 2.48 bits per heavy atom. The molecule has 4 rings (SSSR count). The molecule has 0 aliphatic carbocycles. The number of fused-ring (bicyclic) bond motifs is 1. The Labute approximate surface area is 144 Å². The van der Waals surface area contributed by atoms with E-state index >= 15 is 0 Å². The quantitative estimate of drug-likeness (QED) is 0.653. The van der Waals surface area contributed by atoms with Crippen LogP contribution in [-0.2, 0) is 13.0 Å². The van der Waals surface area contributed by atoms with Crippen molar-refractivity contribution in [2.45, 2.75) is 43.8 Å². The number of hydrogen-bond acceptors (Lipinski definition) is 4. The van der Waals surface area contributed by atoms with Gasteiger partial charge in [0.25, 0.3) is 0 Å². The van der Waals surface area contributed by atoms with Crippen LogP contribution in [0.5, 0.6) is 0 Å². The summed E-state index contributed by atoms with van der Waals surface area (Å²) >= 11 is 4.59. The summed E-state index contributed by atoms with van der Waals surface area (Å²) < 4.78 is 2.28. The molecule has 0 saturated carbocycles. The van der Waals surface area contributed by atoms with Gasteiger partial charge in [0.05, 0.1) is 12.7 Å². The highest BCUT2D eigenvalue weighted by Crippen LogP contribution is 2.26. The lowest BCUT2D eigenvalue weighted by atomic mass is 10.1. The fourth-order valence-corrected chi connectivity index (χ4v) is 3.53. The van der Waals surface area contributed by atoms with Crippen LogP contribution in [0.1, 0.15) is 25.3 Å². The Hall–Kier alpha value is -1.01. The van der Waals surface area contributed by atoms with Crippen molar-refractivity contribution in [3.8, 4) is 0 Å². The molecule has 4 nitrogen and oxygen atoms in total. The van der Waals surface area contributed by atoms with E-state index in [0.717, 1.165) is 31.0 Å². The number of aryl methyl sites for hydroxylation is 1. The number of aromatic nitrogens is 1. The van der Waals surface area contributed by atoms with Crippen molar-refractivity contribution in [1.29, 1.82) is 0 Å². The maximum absolute atomic E-state index is 4.59. The average molecular weight is 333 g/mol. The summed E-state index contributed by atoms with van der Waals surface area (Å²) in [5.74, 6) is 0. The molecule has 3 N–H and O–H groups in total. The van der Waals surface area contributed by atoms with Gasteiger partial charge in [-0.3, -0.25) is 10.6 Å². The van der Waals surface area contributed by atoms with Gasteiger partial charge in [-0.15, -0.1) is 12.6 Å². The highest BCUT2D eigenvalue weighted by atomic mass is 32.1. The van der Waals surface area contributed by atoms with Crippen LogP contribution in [0.3, 0.4) is 0 Å². The molecule has 2 aromatic rings. The van der Waals surface area contributed by atoms with Crippen LogP contribution in [0.25, 0.3) is 10.9 Å². The Morgan fingerprint density at radius 2 is 1.87 bits per heavy atom. The third kappa shape index (κ3) is 4.29. The highest BCUT2D eigenvalue weighted by Gasteiger charge is 2.15. The second kappa shape index (κ2) is 8.20. The molecule has 2 fully saturated rings. The van der Waals surface area contributed by atoms with E-state index in [0.29, 0.717) is 6.17 Å². The van der Waals surface area contributed by atoms with E-state index < -0.39 is 0 Å². The van der Waals surface area contributed by atoms with Gasteiger partial charge in [0, 0.05) is 35.1 Å². The van der Waals surface area contributed by atoms with E-state index in [1.54, 1.807) is 0 Å². The van der Waals surface area contributed by atoms with E-state index in [2.05, 4.69) is 64.5 Å². The van der Waals surface area contributed by atoms with E-state index in [4.69, 9.17) is 0 Å². The molecular formula is C18H28N4S. The summed E-state index contributed by atoms with van der Waals surface area (Å²) in [6.45, 7) is 7.74. The van der Waals surface area contributed by atoms with Gasteiger partial charge >= 0.3 is 0 Å². The van der Waals surface area contributed by atoms with Crippen molar-refractivity contribution in [2.24, 2.45) is 0 Å². The monoisotopic (exact) mass is 332 g/mol. The second-order valence-corrected chi connectivity index (χ2v) is 6.77. The summed E-state index contributed by atoms with van der Waals surface area (Å²) in [5.41, 5.74) is 2.64. The molecule has 0 spiro atoms. The standard InChI is InChI=1S/C14H19N3S.C4H9N/c1-2-10-3-4-12-11(7-10)13(18)8-17(12)9-14-15-5-6-16-14;1-2-4-5-3-1/h3-4,7-8,14-16,18H,2,5-6,9H2,1H3;5H,1-4H2. The fraction of sp³-hybridized carbons (Fsp3) is 0.556. The zero-order valence-electron chi connectivity index (χ0n) is 13.9. The minimum atomic E-state index is 0.374. The van der Waals surface area contributed by atoms with Crippen LogP contribution < -0.4 is 16.0 Å². The summed E-state index contributed by atoms with van der Waals surface area (Å²) in [6, 6.07) is 6.67. The van der Waals surface area contributed by atoms with Gasteiger partial charge in [0.15, 0.2) is 0 Å². The summed E-state index contributed by atoms with van der Waals surface area (Å²) in [7, 11) is 0. The first kappa shape index (κ1) is 16.8. The predicted octanol–water partition coefficient (Wildman–Crippen LogP) is 2.38. The molecule has 1 aromatic heterocycles. The number of benzene rings is 1. The second-order valence-electron chi connectivity index (χ2n) is 6.29. The Balaban J connectivity index is 0.000000267. The average Bonchev–Trinajstić information content (AvgIpc) is 3.32. The normalized spacial score (nSPS) is 18.3. The molecule has 2 aliphatic rings. The van der Waals surface area contributed by atoms with Gasteiger partial charge in [-0.1, -0.05) is 13.0 Å². The Bertz CT molecular complexity index is 620. The van der Waals surface area contributed by atoms with Gasteiger partial charge in [0.1, 0.15) is 0 Å². The largest absolute Gasteiger partial charge is 0.343 e. The van der Waals surface area contributed by atoms with Crippen LogP contribution in [0, 0.1) is 0 Å². The van der Waals surface area contributed by atoms with Crippen LogP contribution in [-0.4, -0.2) is 36.9 Å². The third-order valence-corrected chi connectivity index (χ3v) is 4.93. The lowest BCUT2D eigenvalue weighted by Crippen LogP contribution is -2.35. The van der Waals surface area contributed by atoms with Crippen molar-refractivity contribution in [3.05, 3.63) is 30.0 Å². The van der Waals surface area contributed by atoms with Gasteiger partial charge in [-0.2, -0.15) is 0 Å². The molecule has 3 heterocycles. The number of thiol groups is 1. The van der Waals surface area contributed by atoms with E-state index in [1.807, 2.05) is 0 Å². The van der Waals surface area contributed by atoms with Crippen molar-refractivity contribution < 1.29 is 0 Å². The Morgan fingerprint density at radius 1 is 1.13 bits per heavy atom. The summed E-state index contributed by atoms with van der Waals surface area (Å²) in [4.78, 5) is 1.07. The van der Waals surface area contributed by atoms with Crippen LogP contribution in [0.4, 0.5) is 0 Å². The molecule has 0 bridgehead atoms. The molecule has 2 aliphatic heterocycles. The lowest BCUT2D eigenvalue weighted by molar-refractivity contribution is 0.478. The first-order valence-corrected chi connectivity index (χ1v) is 9.21. The van der Waals surface area contributed by atoms with Crippen LogP contribution >= 0.6 is 12.6 Å². The molecule has 0 unspecified atom stereocenters. The first-order chi connectivity index (χ1) is 11.3. The maximum Gasteiger partial charge on any atom is 0.0757 e. The van der Waals surface area contributed by atoms with Crippen molar-refractivity contribution >= 4 is 23.5 Å². The molecule has 0 amide bonds. The van der Waals surface area contributed by atoms with E-state index in [-0.39, 0.29) is 0 Å². The SMILES string of the molecule is C1CCNC1.CCc1ccc2c(c1)c(S)cn2CC1NCCN1. The first-order valence-electron chi connectivity index (χ1n) is 8.76. The number of nitrogens with zero attached hydrogens (tertiary/aromatic N) is 1. The van der Waals surface area contributed by atoms with Gasteiger partial charge < -0.3 is 9.88 Å².